The molecule has 0 spiro atoms. The summed E-state index contributed by atoms with van der Waals surface area (Å²) in [5.74, 6) is -0.585. The van der Waals surface area contributed by atoms with E-state index in [1.165, 1.54) is 6.42 Å². The molecular formula is C14H25NO3. The van der Waals surface area contributed by atoms with Gasteiger partial charge in [0.25, 0.3) is 0 Å². The maximum atomic E-state index is 11.9. The Labute approximate surface area is 109 Å². The van der Waals surface area contributed by atoms with Gasteiger partial charge in [0.2, 0.25) is 5.91 Å². The lowest BCUT2D eigenvalue weighted by Gasteiger charge is -2.39. The molecule has 1 aliphatic heterocycles. The zero-order valence-electron chi connectivity index (χ0n) is 11.6. The van der Waals surface area contributed by atoms with Crippen LogP contribution in [0.25, 0.3) is 0 Å². The molecule has 1 fully saturated rings. The maximum absolute atomic E-state index is 11.9. The molecule has 1 aliphatic rings. The molecule has 1 saturated heterocycles. The van der Waals surface area contributed by atoms with Gasteiger partial charge in [-0.1, -0.05) is 20.3 Å². The topological polar surface area (TPSA) is 57.6 Å². The molecule has 1 N–H and O–H groups in total. The van der Waals surface area contributed by atoms with E-state index in [2.05, 4.69) is 13.8 Å². The summed E-state index contributed by atoms with van der Waals surface area (Å²) in [6.07, 6.45) is 5.30. The Morgan fingerprint density at radius 1 is 1.17 bits per heavy atom. The van der Waals surface area contributed by atoms with Crippen LogP contribution in [0.4, 0.5) is 0 Å². The predicted molar refractivity (Wildman–Crippen MR) is 70.3 cm³/mol. The van der Waals surface area contributed by atoms with Gasteiger partial charge in [-0.25, -0.2) is 0 Å². The van der Waals surface area contributed by atoms with Gasteiger partial charge >= 0.3 is 5.97 Å². The van der Waals surface area contributed by atoms with Crippen molar-refractivity contribution in [1.29, 1.82) is 0 Å². The quantitative estimate of drug-likeness (QED) is 0.742. The number of rotatable bonds is 6. The van der Waals surface area contributed by atoms with Crippen molar-refractivity contribution in [2.75, 3.05) is 13.1 Å². The van der Waals surface area contributed by atoms with Crippen molar-refractivity contribution in [3.05, 3.63) is 0 Å². The number of hydrogen-bond acceptors (Lipinski definition) is 2. The van der Waals surface area contributed by atoms with Gasteiger partial charge in [0, 0.05) is 25.9 Å². The van der Waals surface area contributed by atoms with Crippen LogP contribution in [0.15, 0.2) is 0 Å². The average molecular weight is 255 g/mol. The molecule has 0 aromatic carbocycles. The molecule has 0 aromatic heterocycles. The molecule has 18 heavy (non-hydrogen) atoms. The minimum Gasteiger partial charge on any atom is -0.481 e. The van der Waals surface area contributed by atoms with Crippen LogP contribution < -0.4 is 0 Å². The molecule has 0 atom stereocenters. The molecule has 0 aromatic rings. The lowest BCUT2D eigenvalue weighted by Crippen LogP contribution is -2.41. The smallest absolute Gasteiger partial charge is 0.303 e. The SMILES string of the molecule is CCC1(C)CCN(C(=O)CCCCC(=O)O)CC1. The van der Waals surface area contributed by atoms with E-state index < -0.39 is 5.97 Å². The molecule has 1 rings (SSSR count). The van der Waals surface area contributed by atoms with Crippen LogP contribution in [0, 0.1) is 5.41 Å². The first kappa shape index (κ1) is 15.0. The van der Waals surface area contributed by atoms with E-state index in [0.717, 1.165) is 25.9 Å². The first-order chi connectivity index (χ1) is 8.47. The minimum absolute atomic E-state index is 0.168. The molecule has 0 saturated carbocycles. The van der Waals surface area contributed by atoms with Crippen molar-refractivity contribution >= 4 is 11.9 Å². The summed E-state index contributed by atoms with van der Waals surface area (Å²) < 4.78 is 0. The van der Waals surface area contributed by atoms with Gasteiger partial charge in [-0.3, -0.25) is 9.59 Å². The molecule has 0 aliphatic carbocycles. The van der Waals surface area contributed by atoms with Crippen molar-refractivity contribution in [3.63, 3.8) is 0 Å². The number of carboxylic acids is 1. The highest BCUT2D eigenvalue weighted by Gasteiger charge is 2.29. The van der Waals surface area contributed by atoms with Gasteiger partial charge in [0.15, 0.2) is 0 Å². The van der Waals surface area contributed by atoms with Crippen molar-refractivity contribution in [3.8, 4) is 0 Å². The molecule has 104 valence electrons. The summed E-state index contributed by atoms with van der Waals surface area (Å²) in [6.45, 7) is 6.23. The number of carboxylic acid groups (broad SMARTS) is 1. The highest BCUT2D eigenvalue weighted by Crippen LogP contribution is 2.34. The third-order valence-corrected chi connectivity index (χ3v) is 4.21. The number of amides is 1. The highest BCUT2D eigenvalue weighted by molar-refractivity contribution is 5.76. The summed E-state index contributed by atoms with van der Waals surface area (Å²) in [5, 5.41) is 8.52. The van der Waals surface area contributed by atoms with Gasteiger partial charge in [-0.05, 0) is 31.1 Å². The Morgan fingerprint density at radius 3 is 2.22 bits per heavy atom. The Bertz CT molecular complexity index is 293. The normalized spacial score (nSPS) is 18.7. The van der Waals surface area contributed by atoms with Crippen LogP contribution in [0.1, 0.15) is 58.8 Å². The summed E-state index contributed by atoms with van der Waals surface area (Å²) in [7, 11) is 0. The van der Waals surface area contributed by atoms with Crippen molar-refractivity contribution in [2.24, 2.45) is 5.41 Å². The zero-order valence-corrected chi connectivity index (χ0v) is 11.6. The fourth-order valence-corrected chi connectivity index (χ4v) is 2.36. The van der Waals surface area contributed by atoms with Crippen LogP contribution >= 0.6 is 0 Å². The third kappa shape index (κ3) is 4.67. The van der Waals surface area contributed by atoms with Crippen LogP contribution in [0.2, 0.25) is 0 Å². The van der Waals surface area contributed by atoms with E-state index in [0.29, 0.717) is 24.7 Å². The minimum atomic E-state index is -0.779. The lowest BCUT2D eigenvalue weighted by molar-refractivity contribution is -0.138. The summed E-state index contributed by atoms with van der Waals surface area (Å²) in [5.41, 5.74) is 0.403. The van der Waals surface area contributed by atoms with Crippen LogP contribution in [-0.4, -0.2) is 35.0 Å². The lowest BCUT2D eigenvalue weighted by atomic mass is 9.78. The standard InChI is InChI=1S/C14H25NO3/c1-3-14(2)8-10-15(11-9-14)12(16)6-4-5-7-13(17)18/h3-11H2,1-2H3,(H,17,18). The predicted octanol–water partition coefficient (Wildman–Crippen LogP) is 2.67. The van der Waals surface area contributed by atoms with Gasteiger partial charge in [0.1, 0.15) is 0 Å². The van der Waals surface area contributed by atoms with E-state index in [-0.39, 0.29) is 12.3 Å². The number of carbonyl (C=O) groups is 2. The highest BCUT2D eigenvalue weighted by atomic mass is 16.4. The van der Waals surface area contributed by atoms with Gasteiger partial charge < -0.3 is 10.0 Å². The number of piperidine rings is 1. The van der Waals surface area contributed by atoms with Crippen molar-refractivity contribution < 1.29 is 14.7 Å². The van der Waals surface area contributed by atoms with Crippen LogP contribution in [0.3, 0.4) is 0 Å². The number of nitrogens with zero attached hydrogens (tertiary/aromatic N) is 1. The van der Waals surface area contributed by atoms with Crippen LogP contribution in [-0.2, 0) is 9.59 Å². The molecule has 4 heteroatoms. The zero-order chi connectivity index (χ0) is 13.6. The summed E-state index contributed by atoms with van der Waals surface area (Å²) in [6, 6.07) is 0. The number of aliphatic carboxylic acids is 1. The van der Waals surface area contributed by atoms with Crippen LogP contribution in [0.5, 0.6) is 0 Å². The third-order valence-electron chi connectivity index (χ3n) is 4.21. The Balaban J connectivity index is 2.22. The second-order valence-corrected chi connectivity index (χ2v) is 5.65. The van der Waals surface area contributed by atoms with E-state index in [1.54, 1.807) is 0 Å². The number of carbonyl (C=O) groups excluding carboxylic acids is 1. The maximum Gasteiger partial charge on any atom is 0.303 e. The van der Waals surface area contributed by atoms with E-state index >= 15 is 0 Å². The first-order valence-corrected chi connectivity index (χ1v) is 6.96. The molecule has 1 amide bonds. The van der Waals surface area contributed by atoms with E-state index in [4.69, 9.17) is 5.11 Å². The fourth-order valence-electron chi connectivity index (χ4n) is 2.36. The average Bonchev–Trinajstić information content (AvgIpc) is 2.35. The second-order valence-electron chi connectivity index (χ2n) is 5.65. The Hall–Kier alpha value is -1.06. The monoisotopic (exact) mass is 255 g/mol. The van der Waals surface area contributed by atoms with Crippen molar-refractivity contribution in [2.45, 2.75) is 58.8 Å². The number of unbranched alkanes of at least 4 members (excludes halogenated alkanes) is 1. The van der Waals surface area contributed by atoms with Gasteiger partial charge in [0.05, 0.1) is 0 Å². The number of likely N-dealkylation sites (tertiary alicyclic amines) is 1. The molecule has 1 heterocycles. The van der Waals surface area contributed by atoms with E-state index in [1.807, 2.05) is 4.90 Å². The molecule has 0 bridgehead atoms. The Morgan fingerprint density at radius 2 is 1.72 bits per heavy atom. The van der Waals surface area contributed by atoms with E-state index in [9.17, 15) is 9.59 Å². The van der Waals surface area contributed by atoms with Crippen molar-refractivity contribution in [1.82, 2.24) is 4.90 Å². The van der Waals surface area contributed by atoms with Gasteiger partial charge in [-0.2, -0.15) is 0 Å². The Kier molecular flexibility index (Phi) is 5.63. The summed E-state index contributed by atoms with van der Waals surface area (Å²) in [4.78, 5) is 24.2. The fraction of sp³-hybridized carbons (Fsp3) is 0.857. The second kappa shape index (κ2) is 6.76. The molecule has 0 radical (unpaired) electrons. The largest absolute Gasteiger partial charge is 0.481 e. The van der Waals surface area contributed by atoms with Gasteiger partial charge in [-0.15, -0.1) is 0 Å². The molecule has 0 unspecified atom stereocenters. The first-order valence-electron chi connectivity index (χ1n) is 6.96. The summed E-state index contributed by atoms with van der Waals surface area (Å²) >= 11 is 0. The molecular weight excluding hydrogens is 230 g/mol. The molecule has 4 nitrogen and oxygen atoms in total. The number of hydrogen-bond donors (Lipinski definition) is 1.